The SMILES string of the molecule is CN1CCN(C(=O)c2cc(-c3cc(Cl)cc(Cl)c3)nc3c2cnn3C)CC1. The molecule has 0 radical (unpaired) electrons. The quantitative estimate of drug-likeness (QED) is 0.658. The van der Waals surface area contributed by atoms with Crippen LogP contribution < -0.4 is 0 Å². The minimum Gasteiger partial charge on any atom is -0.336 e. The van der Waals surface area contributed by atoms with Crippen LogP contribution in [0.2, 0.25) is 10.0 Å². The molecule has 27 heavy (non-hydrogen) atoms. The molecule has 8 heteroatoms. The van der Waals surface area contributed by atoms with Gasteiger partial charge in [-0.25, -0.2) is 4.98 Å². The van der Waals surface area contributed by atoms with Crippen LogP contribution in [0.5, 0.6) is 0 Å². The van der Waals surface area contributed by atoms with Gasteiger partial charge in [0.1, 0.15) is 0 Å². The minimum atomic E-state index is -0.00197. The molecule has 1 fully saturated rings. The van der Waals surface area contributed by atoms with Crippen LogP contribution >= 0.6 is 23.2 Å². The van der Waals surface area contributed by atoms with Crippen molar-refractivity contribution in [3.05, 3.63) is 46.1 Å². The van der Waals surface area contributed by atoms with Crippen molar-refractivity contribution < 1.29 is 4.79 Å². The molecule has 0 aliphatic carbocycles. The molecule has 0 bridgehead atoms. The van der Waals surface area contributed by atoms with Gasteiger partial charge >= 0.3 is 0 Å². The molecule has 1 aromatic carbocycles. The van der Waals surface area contributed by atoms with E-state index in [1.54, 1.807) is 29.1 Å². The molecule has 0 unspecified atom stereocenters. The number of carbonyl (C=O) groups is 1. The number of hydrogen-bond donors (Lipinski definition) is 0. The van der Waals surface area contributed by atoms with Crippen LogP contribution in [0.25, 0.3) is 22.3 Å². The van der Waals surface area contributed by atoms with Gasteiger partial charge in [-0.2, -0.15) is 5.10 Å². The van der Waals surface area contributed by atoms with Crippen LogP contribution in [0.1, 0.15) is 10.4 Å². The number of benzene rings is 1. The normalized spacial score (nSPS) is 15.5. The molecule has 1 aliphatic heterocycles. The van der Waals surface area contributed by atoms with Gasteiger partial charge in [0, 0.05) is 48.8 Å². The highest BCUT2D eigenvalue weighted by Gasteiger charge is 2.24. The van der Waals surface area contributed by atoms with Crippen molar-refractivity contribution in [2.45, 2.75) is 0 Å². The van der Waals surface area contributed by atoms with Crippen molar-refractivity contribution >= 4 is 40.1 Å². The highest BCUT2D eigenvalue weighted by Crippen LogP contribution is 2.29. The van der Waals surface area contributed by atoms with Crippen LogP contribution in [0, 0.1) is 0 Å². The summed E-state index contributed by atoms with van der Waals surface area (Å²) in [7, 11) is 3.88. The summed E-state index contributed by atoms with van der Waals surface area (Å²) in [4.78, 5) is 22.0. The summed E-state index contributed by atoms with van der Waals surface area (Å²) < 4.78 is 1.67. The smallest absolute Gasteiger partial charge is 0.254 e. The molecular formula is C19H19Cl2N5O. The highest BCUT2D eigenvalue weighted by molar-refractivity contribution is 6.35. The first-order valence-corrected chi connectivity index (χ1v) is 9.45. The van der Waals surface area contributed by atoms with Crippen LogP contribution in [-0.2, 0) is 7.05 Å². The van der Waals surface area contributed by atoms with Crippen molar-refractivity contribution in [1.29, 1.82) is 0 Å². The summed E-state index contributed by atoms with van der Waals surface area (Å²) in [6.07, 6.45) is 1.69. The van der Waals surface area contributed by atoms with Gasteiger partial charge < -0.3 is 9.80 Å². The van der Waals surface area contributed by atoms with Crippen LogP contribution in [0.3, 0.4) is 0 Å². The van der Waals surface area contributed by atoms with Crippen LogP contribution in [0.4, 0.5) is 0 Å². The van der Waals surface area contributed by atoms with E-state index in [0.29, 0.717) is 40.0 Å². The number of pyridine rings is 1. The molecule has 2 aromatic heterocycles. The molecule has 3 heterocycles. The molecule has 0 spiro atoms. The lowest BCUT2D eigenvalue weighted by Gasteiger charge is -2.32. The number of piperazine rings is 1. The van der Waals surface area contributed by atoms with E-state index in [2.05, 4.69) is 17.0 Å². The van der Waals surface area contributed by atoms with Crippen LogP contribution in [-0.4, -0.2) is 63.7 Å². The number of halogens is 2. The summed E-state index contributed by atoms with van der Waals surface area (Å²) in [5, 5.41) is 6.09. The lowest BCUT2D eigenvalue weighted by molar-refractivity contribution is 0.0666. The van der Waals surface area contributed by atoms with E-state index in [4.69, 9.17) is 28.2 Å². The van der Waals surface area contributed by atoms with Crippen molar-refractivity contribution in [3.8, 4) is 11.3 Å². The van der Waals surface area contributed by atoms with Gasteiger partial charge in [-0.3, -0.25) is 9.48 Å². The second-order valence-electron chi connectivity index (χ2n) is 6.81. The predicted octanol–water partition coefficient (Wildman–Crippen LogP) is 3.33. The number of aryl methyl sites for hydroxylation is 1. The number of aromatic nitrogens is 3. The Labute approximate surface area is 167 Å². The first-order chi connectivity index (χ1) is 12.9. The highest BCUT2D eigenvalue weighted by atomic mass is 35.5. The lowest BCUT2D eigenvalue weighted by atomic mass is 10.1. The predicted molar refractivity (Wildman–Crippen MR) is 107 cm³/mol. The maximum absolute atomic E-state index is 13.2. The number of nitrogens with zero attached hydrogens (tertiary/aromatic N) is 5. The fourth-order valence-corrected chi connectivity index (χ4v) is 3.85. The maximum atomic E-state index is 13.2. The van der Waals surface area contributed by atoms with Gasteiger partial charge in [0.15, 0.2) is 5.65 Å². The van der Waals surface area contributed by atoms with E-state index in [1.807, 2.05) is 18.0 Å². The molecule has 3 aromatic rings. The standard InChI is InChI=1S/C19H19Cl2N5O/c1-24-3-5-26(6-4-24)19(27)15-10-17(12-7-13(20)9-14(21)8-12)23-18-16(15)11-22-25(18)2/h7-11H,3-6H2,1-2H3. The largest absolute Gasteiger partial charge is 0.336 e. The van der Waals surface area contributed by atoms with Crippen molar-refractivity contribution in [2.75, 3.05) is 33.2 Å². The fraction of sp³-hybridized carbons (Fsp3) is 0.316. The summed E-state index contributed by atoms with van der Waals surface area (Å²) in [6, 6.07) is 7.07. The molecule has 0 saturated carbocycles. The third-order valence-electron chi connectivity index (χ3n) is 4.88. The van der Waals surface area contributed by atoms with Gasteiger partial charge in [-0.1, -0.05) is 23.2 Å². The molecule has 1 saturated heterocycles. The van der Waals surface area contributed by atoms with Crippen molar-refractivity contribution in [2.24, 2.45) is 7.05 Å². The number of rotatable bonds is 2. The van der Waals surface area contributed by atoms with Gasteiger partial charge in [-0.15, -0.1) is 0 Å². The molecule has 140 valence electrons. The Hall–Kier alpha value is -2.15. The molecular weight excluding hydrogens is 385 g/mol. The van der Waals surface area contributed by atoms with Gasteiger partial charge in [0.25, 0.3) is 5.91 Å². The van der Waals surface area contributed by atoms with Gasteiger partial charge in [0.2, 0.25) is 0 Å². The molecule has 1 amide bonds. The van der Waals surface area contributed by atoms with Crippen molar-refractivity contribution in [1.82, 2.24) is 24.6 Å². The Kier molecular flexibility index (Phi) is 4.80. The Morgan fingerprint density at radius 3 is 2.33 bits per heavy atom. The maximum Gasteiger partial charge on any atom is 0.254 e. The number of carbonyl (C=O) groups excluding carboxylic acids is 1. The second-order valence-corrected chi connectivity index (χ2v) is 7.69. The number of amides is 1. The molecule has 0 N–H and O–H groups in total. The first kappa shape index (κ1) is 18.2. The third-order valence-corrected chi connectivity index (χ3v) is 5.32. The molecule has 4 rings (SSSR count). The summed E-state index contributed by atoms with van der Waals surface area (Å²) in [5.41, 5.74) is 2.67. The van der Waals surface area contributed by atoms with E-state index in [0.717, 1.165) is 24.0 Å². The molecule has 1 aliphatic rings. The Balaban J connectivity index is 1.83. The van der Waals surface area contributed by atoms with E-state index in [9.17, 15) is 4.79 Å². The zero-order chi connectivity index (χ0) is 19.1. The number of hydrogen-bond acceptors (Lipinski definition) is 4. The average molecular weight is 404 g/mol. The Morgan fingerprint density at radius 2 is 1.67 bits per heavy atom. The minimum absolute atomic E-state index is 0.00197. The van der Waals surface area contributed by atoms with E-state index in [1.165, 1.54) is 0 Å². The zero-order valence-electron chi connectivity index (χ0n) is 15.1. The monoisotopic (exact) mass is 403 g/mol. The lowest BCUT2D eigenvalue weighted by Crippen LogP contribution is -2.47. The zero-order valence-corrected chi connectivity index (χ0v) is 16.6. The third kappa shape index (κ3) is 3.52. The molecule has 0 atom stereocenters. The summed E-state index contributed by atoms with van der Waals surface area (Å²) in [6.45, 7) is 3.14. The second kappa shape index (κ2) is 7.11. The summed E-state index contributed by atoms with van der Waals surface area (Å²) in [5.74, 6) is -0.00197. The molecule has 6 nitrogen and oxygen atoms in total. The van der Waals surface area contributed by atoms with E-state index < -0.39 is 0 Å². The van der Waals surface area contributed by atoms with Gasteiger partial charge in [0.05, 0.1) is 22.8 Å². The topological polar surface area (TPSA) is 54.3 Å². The Bertz CT molecular complexity index is 1000. The number of likely N-dealkylation sites (N-methyl/N-ethyl adjacent to an activating group) is 1. The van der Waals surface area contributed by atoms with E-state index >= 15 is 0 Å². The van der Waals surface area contributed by atoms with Crippen LogP contribution in [0.15, 0.2) is 30.5 Å². The first-order valence-electron chi connectivity index (χ1n) is 8.69. The average Bonchev–Trinajstić information content (AvgIpc) is 3.01. The number of fused-ring (bicyclic) bond motifs is 1. The summed E-state index contributed by atoms with van der Waals surface area (Å²) >= 11 is 12.3. The van der Waals surface area contributed by atoms with E-state index in [-0.39, 0.29) is 5.91 Å². The van der Waals surface area contributed by atoms with Gasteiger partial charge in [-0.05, 0) is 31.3 Å². The van der Waals surface area contributed by atoms with Crippen molar-refractivity contribution in [3.63, 3.8) is 0 Å². The fourth-order valence-electron chi connectivity index (χ4n) is 3.32. The Morgan fingerprint density at radius 1 is 1.00 bits per heavy atom.